The average molecular weight is 424 g/mol. The topological polar surface area (TPSA) is 48.1 Å². The van der Waals surface area contributed by atoms with Gasteiger partial charge in [0.25, 0.3) is 0 Å². The molecule has 1 fully saturated rings. The van der Waals surface area contributed by atoms with E-state index in [1.54, 1.807) is 0 Å². The number of hydrogen-bond donors (Lipinski definition) is 2. The van der Waals surface area contributed by atoms with Crippen molar-refractivity contribution in [1.29, 1.82) is 0 Å². The number of aromatic nitrogens is 1. The molecule has 0 aliphatic carbocycles. The summed E-state index contributed by atoms with van der Waals surface area (Å²) in [5.41, 5.74) is 4.74. The zero-order valence-electron chi connectivity index (χ0n) is 17.6. The van der Waals surface area contributed by atoms with Crippen molar-refractivity contribution < 1.29 is 4.79 Å². The highest BCUT2D eigenvalue weighted by Crippen LogP contribution is 2.35. The number of aryl methyl sites for hydroxylation is 1. The molecule has 1 saturated heterocycles. The summed E-state index contributed by atoms with van der Waals surface area (Å²) in [7, 11) is 0. The molecule has 0 radical (unpaired) electrons. The van der Waals surface area contributed by atoms with Crippen molar-refractivity contribution in [3.05, 3.63) is 70.4 Å². The average Bonchev–Trinajstić information content (AvgIpc) is 3.42. The lowest BCUT2D eigenvalue weighted by atomic mass is 9.87. The molecule has 1 aromatic heterocycles. The van der Waals surface area contributed by atoms with Gasteiger partial charge in [-0.1, -0.05) is 48.9 Å². The Balaban J connectivity index is 1.56. The maximum Gasteiger partial charge on any atom is 0.220 e. The highest BCUT2D eigenvalue weighted by Gasteiger charge is 2.22. The number of likely N-dealkylation sites (tertiary alicyclic amines) is 1. The van der Waals surface area contributed by atoms with Crippen molar-refractivity contribution in [2.75, 3.05) is 26.2 Å². The third kappa shape index (κ3) is 4.71. The van der Waals surface area contributed by atoms with Crippen LogP contribution in [0.5, 0.6) is 0 Å². The zero-order valence-corrected chi connectivity index (χ0v) is 18.3. The molecule has 0 bridgehead atoms. The molecular weight excluding hydrogens is 394 g/mol. The number of hydrogen-bond acceptors (Lipinski definition) is 2. The first kappa shape index (κ1) is 21.0. The van der Waals surface area contributed by atoms with Gasteiger partial charge in [-0.25, -0.2) is 0 Å². The number of para-hydroxylation sites is 1. The molecule has 158 valence electrons. The van der Waals surface area contributed by atoms with E-state index in [-0.39, 0.29) is 11.8 Å². The Kier molecular flexibility index (Phi) is 6.76. The van der Waals surface area contributed by atoms with Crippen LogP contribution in [-0.4, -0.2) is 42.0 Å². The van der Waals surface area contributed by atoms with Crippen LogP contribution in [0.15, 0.2) is 48.7 Å². The van der Waals surface area contributed by atoms with Crippen molar-refractivity contribution in [2.24, 2.45) is 0 Å². The van der Waals surface area contributed by atoms with E-state index >= 15 is 0 Å². The second-order valence-electron chi connectivity index (χ2n) is 8.14. The van der Waals surface area contributed by atoms with Gasteiger partial charge in [-0.15, -0.1) is 0 Å². The molecule has 2 N–H and O–H groups in total. The fourth-order valence-electron chi connectivity index (χ4n) is 4.54. The number of amides is 1. The summed E-state index contributed by atoms with van der Waals surface area (Å²) in [4.78, 5) is 18.7. The standard InChI is InChI=1S/C25H30ClN3O/c1-2-18-6-5-7-21-23(17-28-25(18)21)22(19-8-10-20(26)11-9-19)16-24(30)27-12-15-29-13-3-4-14-29/h5-11,17,22,28H,2-4,12-16H2,1H3,(H,27,30). The summed E-state index contributed by atoms with van der Waals surface area (Å²) in [6, 6.07) is 14.3. The van der Waals surface area contributed by atoms with Gasteiger partial charge in [-0.05, 0) is 61.2 Å². The van der Waals surface area contributed by atoms with Gasteiger partial charge in [0.1, 0.15) is 0 Å². The van der Waals surface area contributed by atoms with Crippen LogP contribution in [-0.2, 0) is 11.2 Å². The van der Waals surface area contributed by atoms with Crippen LogP contribution in [0.2, 0.25) is 5.02 Å². The van der Waals surface area contributed by atoms with Gasteiger partial charge in [0.05, 0.1) is 0 Å². The Labute approximate surface area is 183 Å². The van der Waals surface area contributed by atoms with Crippen molar-refractivity contribution in [3.8, 4) is 0 Å². The quantitative estimate of drug-likeness (QED) is 0.528. The second kappa shape index (κ2) is 9.67. The molecule has 4 nitrogen and oxygen atoms in total. The number of rotatable bonds is 8. The SMILES string of the molecule is CCc1cccc2c(C(CC(=O)NCCN3CCCC3)c3ccc(Cl)cc3)c[nH]c12. The van der Waals surface area contributed by atoms with Gasteiger partial charge in [0.15, 0.2) is 0 Å². The molecule has 4 rings (SSSR count). The minimum Gasteiger partial charge on any atom is -0.361 e. The zero-order chi connectivity index (χ0) is 20.9. The Morgan fingerprint density at radius 3 is 2.67 bits per heavy atom. The van der Waals surface area contributed by atoms with E-state index in [1.165, 1.54) is 29.3 Å². The lowest BCUT2D eigenvalue weighted by molar-refractivity contribution is -0.121. The van der Waals surface area contributed by atoms with Crippen LogP contribution in [0.4, 0.5) is 0 Å². The number of fused-ring (bicyclic) bond motifs is 1. The van der Waals surface area contributed by atoms with Gasteiger partial charge < -0.3 is 15.2 Å². The highest BCUT2D eigenvalue weighted by atomic mass is 35.5. The summed E-state index contributed by atoms with van der Waals surface area (Å²) in [5, 5.41) is 5.04. The number of aromatic amines is 1. The normalized spacial score (nSPS) is 15.5. The van der Waals surface area contributed by atoms with Crippen LogP contribution < -0.4 is 5.32 Å². The van der Waals surface area contributed by atoms with E-state index in [0.29, 0.717) is 18.0 Å². The summed E-state index contributed by atoms with van der Waals surface area (Å²) in [6.07, 6.45) is 6.01. The number of carbonyl (C=O) groups is 1. The van der Waals surface area contributed by atoms with Crippen LogP contribution in [0, 0.1) is 0 Å². The second-order valence-corrected chi connectivity index (χ2v) is 8.58. The van der Waals surface area contributed by atoms with E-state index < -0.39 is 0 Å². The van der Waals surface area contributed by atoms with Crippen molar-refractivity contribution in [3.63, 3.8) is 0 Å². The predicted molar refractivity (Wildman–Crippen MR) is 124 cm³/mol. The van der Waals surface area contributed by atoms with Gasteiger partial charge in [0.2, 0.25) is 5.91 Å². The number of H-pyrrole nitrogens is 1. The fourth-order valence-corrected chi connectivity index (χ4v) is 4.67. The molecule has 30 heavy (non-hydrogen) atoms. The maximum absolute atomic E-state index is 12.9. The maximum atomic E-state index is 12.9. The van der Waals surface area contributed by atoms with Crippen LogP contribution in [0.1, 0.15) is 48.8 Å². The molecule has 0 spiro atoms. The first-order valence-corrected chi connectivity index (χ1v) is 11.4. The molecule has 5 heteroatoms. The minimum atomic E-state index is -0.0186. The Hall–Kier alpha value is -2.30. The number of nitrogens with zero attached hydrogens (tertiary/aromatic N) is 1. The van der Waals surface area contributed by atoms with Gasteiger partial charge in [-0.2, -0.15) is 0 Å². The molecule has 2 heterocycles. The number of carbonyl (C=O) groups excluding carboxylic acids is 1. The van der Waals surface area contributed by atoms with E-state index in [0.717, 1.165) is 37.2 Å². The first-order valence-electron chi connectivity index (χ1n) is 11.0. The van der Waals surface area contributed by atoms with E-state index in [4.69, 9.17) is 11.6 Å². The lowest BCUT2D eigenvalue weighted by Gasteiger charge is -2.19. The largest absolute Gasteiger partial charge is 0.361 e. The molecule has 1 unspecified atom stereocenters. The van der Waals surface area contributed by atoms with Gasteiger partial charge in [0, 0.05) is 47.6 Å². The smallest absolute Gasteiger partial charge is 0.220 e. The number of nitrogens with one attached hydrogen (secondary N) is 2. The van der Waals surface area contributed by atoms with Crippen molar-refractivity contribution in [1.82, 2.24) is 15.2 Å². The van der Waals surface area contributed by atoms with E-state index in [9.17, 15) is 4.79 Å². The Morgan fingerprint density at radius 1 is 1.17 bits per heavy atom. The number of halogens is 1. The summed E-state index contributed by atoms with van der Waals surface area (Å²) >= 11 is 6.12. The molecular formula is C25H30ClN3O. The highest BCUT2D eigenvalue weighted by molar-refractivity contribution is 6.30. The molecule has 2 aromatic carbocycles. The minimum absolute atomic E-state index is 0.0186. The Bertz CT molecular complexity index is 989. The molecule has 1 amide bonds. The summed E-state index contributed by atoms with van der Waals surface area (Å²) < 4.78 is 0. The third-order valence-corrected chi connectivity index (χ3v) is 6.45. The van der Waals surface area contributed by atoms with Crippen LogP contribution in [0.25, 0.3) is 10.9 Å². The van der Waals surface area contributed by atoms with Crippen molar-refractivity contribution >= 4 is 28.4 Å². The lowest BCUT2D eigenvalue weighted by Crippen LogP contribution is -2.34. The number of benzene rings is 2. The predicted octanol–water partition coefficient (Wildman–Crippen LogP) is 5.12. The molecule has 3 aromatic rings. The monoisotopic (exact) mass is 423 g/mol. The van der Waals surface area contributed by atoms with Crippen molar-refractivity contribution in [2.45, 2.75) is 38.5 Å². The van der Waals surface area contributed by atoms with Gasteiger partial charge >= 0.3 is 0 Å². The van der Waals surface area contributed by atoms with Crippen LogP contribution in [0.3, 0.4) is 0 Å². The molecule has 0 saturated carbocycles. The molecule has 1 aliphatic rings. The third-order valence-electron chi connectivity index (χ3n) is 6.20. The fraction of sp³-hybridized carbons (Fsp3) is 0.400. The van der Waals surface area contributed by atoms with E-state index in [2.05, 4.69) is 46.5 Å². The molecule has 1 atom stereocenters. The van der Waals surface area contributed by atoms with E-state index in [1.807, 2.05) is 24.3 Å². The molecule has 1 aliphatic heterocycles. The summed E-state index contributed by atoms with van der Waals surface area (Å²) in [6.45, 7) is 6.11. The van der Waals surface area contributed by atoms with Gasteiger partial charge in [-0.3, -0.25) is 4.79 Å². The van der Waals surface area contributed by atoms with Crippen LogP contribution >= 0.6 is 11.6 Å². The Morgan fingerprint density at radius 2 is 1.93 bits per heavy atom. The first-order chi connectivity index (χ1) is 14.7. The summed E-state index contributed by atoms with van der Waals surface area (Å²) in [5.74, 6) is 0.0741.